The Morgan fingerprint density at radius 2 is 2.20 bits per heavy atom. The molecule has 0 aromatic heterocycles. The molecule has 0 aliphatic heterocycles. The molecule has 4 heteroatoms. The van der Waals surface area contributed by atoms with Crippen molar-refractivity contribution in [3.05, 3.63) is 0 Å². The van der Waals surface area contributed by atoms with Crippen molar-refractivity contribution in [2.24, 2.45) is 5.73 Å². The third-order valence-electron chi connectivity index (χ3n) is 0.0986. The molecule has 5 heavy (non-hydrogen) atoms. The maximum absolute atomic E-state index is 9.35. The number of hydrogen-bond acceptors (Lipinski definition) is 2. The molecule has 0 bridgehead atoms. The van der Waals surface area contributed by atoms with Gasteiger partial charge in [0.05, 0.1) is 0 Å². The van der Waals surface area contributed by atoms with Gasteiger partial charge in [-0.15, -0.1) is 0 Å². The van der Waals surface area contributed by atoms with Crippen molar-refractivity contribution in [3.63, 3.8) is 0 Å². The summed E-state index contributed by atoms with van der Waals surface area (Å²) in [4.78, 5) is 9.35. The van der Waals surface area contributed by atoms with Gasteiger partial charge in [0.15, 0.2) is 0 Å². The molecule has 0 aromatic rings. The van der Waals surface area contributed by atoms with E-state index in [0.717, 1.165) is 0 Å². The molecule has 1 radical (unpaired) electrons. The van der Waals surface area contributed by atoms with E-state index >= 15 is 0 Å². The van der Waals surface area contributed by atoms with Crippen LogP contribution in [-0.2, 0) is 0 Å². The summed E-state index contributed by atoms with van der Waals surface area (Å²) in [6.45, 7) is 0. The van der Waals surface area contributed by atoms with E-state index in [1.165, 1.54) is 0 Å². The Bertz CT molecular complexity index is 44.9. The number of thiol groups is 1. The molecular formula is CH3N2OS. The van der Waals surface area contributed by atoms with Gasteiger partial charge >= 0.3 is 6.03 Å². The second-order valence-corrected chi connectivity index (χ2v) is 0.638. The van der Waals surface area contributed by atoms with Crippen LogP contribution in [0.3, 0.4) is 0 Å². The maximum atomic E-state index is 9.35. The summed E-state index contributed by atoms with van der Waals surface area (Å²) in [6.07, 6.45) is 0. The molecule has 0 spiro atoms. The minimum absolute atomic E-state index is 0.756. The van der Waals surface area contributed by atoms with Gasteiger partial charge in [0.2, 0.25) is 0 Å². The van der Waals surface area contributed by atoms with Crippen LogP contribution in [0.5, 0.6) is 0 Å². The van der Waals surface area contributed by atoms with Gasteiger partial charge in [-0.2, -0.15) is 4.72 Å². The Balaban J connectivity index is 2.85. The summed E-state index contributed by atoms with van der Waals surface area (Å²) in [5.41, 5.74) is 4.41. The number of nitrogens with two attached hydrogens (primary N) is 1. The van der Waals surface area contributed by atoms with E-state index in [0.29, 0.717) is 0 Å². The second kappa shape index (κ2) is 1.90. The minimum atomic E-state index is -0.756. The molecule has 3 nitrogen and oxygen atoms in total. The molecule has 0 fully saturated rings. The average Bonchev–Trinajstić information content (AvgIpc) is 1.38. The van der Waals surface area contributed by atoms with E-state index in [1.807, 2.05) is 0 Å². The van der Waals surface area contributed by atoms with Crippen LogP contribution in [0, 0.1) is 0 Å². The molecule has 0 rings (SSSR count). The van der Waals surface area contributed by atoms with Crippen LogP contribution in [0.4, 0.5) is 4.79 Å². The molecule has 0 aromatic carbocycles. The zero-order valence-corrected chi connectivity index (χ0v) is 3.27. The number of primary amides is 1. The molecule has 0 unspecified atom stereocenters. The lowest BCUT2D eigenvalue weighted by atomic mass is 11.2. The maximum Gasteiger partial charge on any atom is 0.344 e. The van der Waals surface area contributed by atoms with Crippen molar-refractivity contribution in [1.82, 2.24) is 4.72 Å². The highest BCUT2D eigenvalue weighted by atomic mass is 32.1. The fourth-order valence-corrected chi connectivity index (χ4v) is 0. The van der Waals surface area contributed by atoms with Crippen LogP contribution in [0.25, 0.3) is 0 Å². The Morgan fingerprint density at radius 1 is 2.00 bits per heavy atom. The number of hydrogen-bond donors (Lipinski definition) is 2. The standard InChI is InChI=1S/CH3N2OS/c2-1(4)3-5/h5H,(H2,2,4). The molecule has 0 aliphatic carbocycles. The fraction of sp³-hybridized carbons (Fsp3) is 0. The van der Waals surface area contributed by atoms with Crippen molar-refractivity contribution in [2.75, 3.05) is 0 Å². The SMILES string of the molecule is NC(=O)[N]S. The summed E-state index contributed by atoms with van der Waals surface area (Å²) in [6, 6.07) is -0.756. The Hall–Kier alpha value is -0.380. The predicted molar refractivity (Wildman–Crippen MR) is 20.7 cm³/mol. The Kier molecular flexibility index (Phi) is 1.75. The van der Waals surface area contributed by atoms with Crippen LogP contribution < -0.4 is 10.5 Å². The fourth-order valence-electron chi connectivity index (χ4n) is 0. The van der Waals surface area contributed by atoms with E-state index in [9.17, 15) is 4.79 Å². The van der Waals surface area contributed by atoms with E-state index in [4.69, 9.17) is 0 Å². The monoisotopic (exact) mass is 91.0 g/mol. The zero-order valence-electron chi connectivity index (χ0n) is 2.38. The number of amides is 2. The molecule has 0 aliphatic rings. The van der Waals surface area contributed by atoms with Crippen LogP contribution in [0.1, 0.15) is 0 Å². The molecule has 0 saturated carbocycles. The lowest BCUT2D eigenvalue weighted by Crippen LogP contribution is -2.14. The first-order chi connectivity index (χ1) is 2.27. The van der Waals surface area contributed by atoms with Crippen LogP contribution in [-0.4, -0.2) is 6.03 Å². The summed E-state index contributed by atoms with van der Waals surface area (Å²) in [5, 5.41) is 0. The Labute approximate surface area is 35.1 Å². The zero-order chi connectivity index (χ0) is 4.28. The molecule has 0 heterocycles. The van der Waals surface area contributed by atoms with Gasteiger partial charge in [-0.1, -0.05) is 0 Å². The van der Waals surface area contributed by atoms with Gasteiger partial charge in [-0.25, -0.2) is 4.79 Å². The largest absolute Gasteiger partial charge is 0.349 e. The number of nitrogens with zero attached hydrogens (tertiary/aromatic N) is 1. The third-order valence-corrected chi connectivity index (χ3v) is 0.296. The average molecular weight is 91.1 g/mol. The van der Waals surface area contributed by atoms with Gasteiger partial charge in [-0.05, 0) is 12.8 Å². The number of rotatable bonds is 0. The number of carbonyl (C=O) groups excluding carboxylic acids is 1. The van der Waals surface area contributed by atoms with Crippen molar-refractivity contribution in [3.8, 4) is 0 Å². The van der Waals surface area contributed by atoms with E-state index in [1.54, 1.807) is 0 Å². The lowest BCUT2D eigenvalue weighted by Gasteiger charge is -1.73. The van der Waals surface area contributed by atoms with Gasteiger partial charge < -0.3 is 5.73 Å². The normalized spacial score (nSPS) is 6.60. The predicted octanol–water partition coefficient (Wildman–Crippen LogP) is -0.486. The molecule has 0 saturated heterocycles. The van der Waals surface area contributed by atoms with E-state index < -0.39 is 6.03 Å². The molecule has 29 valence electrons. The first kappa shape index (κ1) is 4.62. The highest BCUT2D eigenvalue weighted by molar-refractivity contribution is 7.78. The quantitative estimate of drug-likeness (QED) is 0.388. The van der Waals surface area contributed by atoms with Crippen molar-refractivity contribution in [2.45, 2.75) is 0 Å². The van der Waals surface area contributed by atoms with E-state index in [2.05, 4.69) is 23.3 Å². The highest BCUT2D eigenvalue weighted by Gasteiger charge is 1.78. The number of carbonyl (C=O) groups is 1. The highest BCUT2D eigenvalue weighted by Crippen LogP contribution is 1.58. The van der Waals surface area contributed by atoms with Gasteiger partial charge in [0.25, 0.3) is 0 Å². The first-order valence-electron chi connectivity index (χ1n) is 0.916. The minimum Gasteiger partial charge on any atom is -0.349 e. The van der Waals surface area contributed by atoms with Gasteiger partial charge in [-0.3, -0.25) is 0 Å². The topological polar surface area (TPSA) is 57.2 Å². The van der Waals surface area contributed by atoms with Crippen LogP contribution in [0.15, 0.2) is 0 Å². The molecule has 2 N–H and O–H groups in total. The summed E-state index contributed by atoms with van der Waals surface area (Å²) >= 11 is 3.17. The smallest absolute Gasteiger partial charge is 0.344 e. The van der Waals surface area contributed by atoms with Gasteiger partial charge in [0, 0.05) is 0 Å². The third kappa shape index (κ3) is 3.62. The summed E-state index contributed by atoms with van der Waals surface area (Å²) < 4.78 is 2.72. The lowest BCUT2D eigenvalue weighted by molar-refractivity contribution is 0.254. The van der Waals surface area contributed by atoms with Gasteiger partial charge in [0.1, 0.15) is 0 Å². The summed E-state index contributed by atoms with van der Waals surface area (Å²) in [7, 11) is 0. The molecule has 0 atom stereocenters. The molecular weight excluding hydrogens is 88.1 g/mol. The second-order valence-electron chi connectivity index (χ2n) is 0.438. The van der Waals surface area contributed by atoms with Crippen molar-refractivity contribution in [1.29, 1.82) is 0 Å². The Morgan fingerprint density at radius 3 is 2.20 bits per heavy atom. The van der Waals surface area contributed by atoms with Crippen molar-refractivity contribution < 1.29 is 4.79 Å². The first-order valence-corrected chi connectivity index (χ1v) is 1.32. The summed E-state index contributed by atoms with van der Waals surface area (Å²) in [5.74, 6) is 0. The molecule has 2 amide bonds. The number of urea groups is 1. The van der Waals surface area contributed by atoms with Crippen LogP contribution in [0.2, 0.25) is 0 Å². The van der Waals surface area contributed by atoms with Crippen LogP contribution >= 0.6 is 12.8 Å². The van der Waals surface area contributed by atoms with Crippen molar-refractivity contribution >= 4 is 18.8 Å². The van der Waals surface area contributed by atoms with E-state index in [-0.39, 0.29) is 0 Å².